The maximum atomic E-state index is 2.43. The third-order valence-corrected chi connectivity index (χ3v) is 8.02. The Labute approximate surface area is 186 Å². The van der Waals surface area contributed by atoms with Crippen LogP contribution in [0, 0.1) is 45.8 Å². The molecule has 152 valence electrons. The van der Waals surface area contributed by atoms with Crippen LogP contribution in [0.25, 0.3) is 11.4 Å². The van der Waals surface area contributed by atoms with Crippen LogP contribution in [0.15, 0.2) is 67.0 Å². The van der Waals surface area contributed by atoms with E-state index < -0.39 is 0 Å². The molecule has 3 aromatic carbocycles. The fourth-order valence-electron chi connectivity index (χ4n) is 4.56. The molecule has 0 saturated heterocycles. The molecule has 0 atom stereocenters. The molecule has 0 aliphatic carbocycles. The molecule has 0 spiro atoms. The summed E-state index contributed by atoms with van der Waals surface area (Å²) in [5.41, 5.74) is 10.5. The van der Waals surface area contributed by atoms with Crippen LogP contribution in [0.1, 0.15) is 33.4 Å². The van der Waals surface area contributed by atoms with Crippen molar-refractivity contribution in [3.63, 3.8) is 0 Å². The van der Waals surface area contributed by atoms with E-state index in [4.69, 9.17) is 0 Å². The van der Waals surface area contributed by atoms with Crippen molar-refractivity contribution >= 4 is 19.7 Å². The first kappa shape index (κ1) is 20.7. The summed E-state index contributed by atoms with van der Waals surface area (Å²) in [5, 5.41) is 0. The molecule has 0 aliphatic rings. The van der Waals surface area contributed by atoms with Crippen molar-refractivity contribution in [2.75, 3.05) is 0 Å². The second-order valence-electron chi connectivity index (χ2n) is 8.28. The molecule has 0 aliphatic heterocycles. The van der Waals surface area contributed by atoms with E-state index in [9.17, 15) is 0 Å². The number of benzene rings is 3. The summed E-state index contributed by atoms with van der Waals surface area (Å²) in [6.45, 7) is 13.3. The van der Waals surface area contributed by atoms with Gasteiger partial charge < -0.3 is 0 Å². The molecule has 30 heavy (non-hydrogen) atoms. The molecule has 0 radical (unpaired) electrons. The first-order valence-electron chi connectivity index (χ1n) is 10.4. The summed E-state index contributed by atoms with van der Waals surface area (Å²) in [4.78, 5) is 0. The Hall–Kier alpha value is -2.57. The summed E-state index contributed by atoms with van der Waals surface area (Å²) in [7, 11) is 0. The van der Waals surface area contributed by atoms with E-state index in [2.05, 4.69) is 118 Å². The fourth-order valence-corrected chi connectivity index (χ4v) is 6.87. The monoisotopic (exact) mass is 456 g/mol. The number of aromatic nitrogens is 2. The van der Waals surface area contributed by atoms with Gasteiger partial charge in [0.2, 0.25) is 0 Å². The van der Waals surface area contributed by atoms with Crippen LogP contribution in [0.5, 0.6) is 0 Å². The molecule has 4 aromatic rings. The molecular weight excluding hydrogens is 427 g/mol. The van der Waals surface area contributed by atoms with Gasteiger partial charge >= 0.3 is 186 Å². The Morgan fingerprint density at radius 3 is 1.37 bits per heavy atom. The average Bonchev–Trinajstić information content (AvgIpc) is 3.04. The molecule has 2 nitrogen and oxygen atoms in total. The summed E-state index contributed by atoms with van der Waals surface area (Å²) in [6, 6.07) is 20.1. The van der Waals surface area contributed by atoms with Gasteiger partial charge in [0.1, 0.15) is 0 Å². The molecular formula is C27H29AsN2. The van der Waals surface area contributed by atoms with Crippen molar-refractivity contribution in [2.24, 2.45) is 0 Å². The van der Waals surface area contributed by atoms with E-state index in [1.807, 2.05) is 0 Å². The predicted molar refractivity (Wildman–Crippen MR) is 129 cm³/mol. The molecule has 0 amide bonds. The molecule has 0 fully saturated rings. The van der Waals surface area contributed by atoms with Crippen molar-refractivity contribution in [3.05, 3.63) is 105 Å². The van der Waals surface area contributed by atoms with Crippen molar-refractivity contribution in [1.29, 1.82) is 0 Å². The minimum absolute atomic E-state index is 0.187. The fraction of sp³-hybridized carbons (Fsp3) is 0.222. The van der Waals surface area contributed by atoms with Crippen LogP contribution in [0.2, 0.25) is 0 Å². The minimum atomic E-state index is -0.187. The van der Waals surface area contributed by atoms with E-state index in [1.165, 1.54) is 53.3 Å². The quantitative estimate of drug-likeness (QED) is 0.351. The van der Waals surface area contributed by atoms with Crippen LogP contribution < -0.4 is 4.35 Å². The standard InChI is InChI=1S/C27H29AsN2/c1-18-14-20(3)25(21(4)15-18)29-12-13-30(26-22(5)16-19(2)17-23(26)6)27(29)28-24-10-8-7-9-11-24/h7-17H,1-6H3. The van der Waals surface area contributed by atoms with E-state index in [-0.39, 0.29) is 15.3 Å². The molecule has 0 bridgehead atoms. The van der Waals surface area contributed by atoms with Crippen LogP contribution in [-0.2, 0) is 0 Å². The molecule has 0 unspecified atom stereocenters. The van der Waals surface area contributed by atoms with Gasteiger partial charge in [-0.05, 0) is 0 Å². The molecule has 3 heteroatoms. The van der Waals surface area contributed by atoms with Gasteiger partial charge in [-0.2, -0.15) is 0 Å². The maximum absolute atomic E-state index is 2.43. The average molecular weight is 456 g/mol. The Balaban J connectivity index is 2.08. The first-order valence-corrected chi connectivity index (χ1v) is 12.3. The topological polar surface area (TPSA) is 9.86 Å². The molecule has 4 rings (SSSR count). The summed E-state index contributed by atoms with van der Waals surface area (Å²) in [5.74, 6) is 0. The van der Waals surface area contributed by atoms with Gasteiger partial charge in [0.25, 0.3) is 0 Å². The number of aryl methyl sites for hydroxylation is 6. The molecule has 1 aromatic heterocycles. The van der Waals surface area contributed by atoms with Gasteiger partial charge in [-0.25, -0.2) is 0 Å². The Kier molecular flexibility index (Phi) is 5.71. The summed E-state index contributed by atoms with van der Waals surface area (Å²) in [6.07, 6.45) is 4.49. The zero-order valence-corrected chi connectivity index (χ0v) is 20.6. The van der Waals surface area contributed by atoms with Crippen molar-refractivity contribution in [3.8, 4) is 11.4 Å². The van der Waals surface area contributed by atoms with Crippen LogP contribution in [0.3, 0.4) is 0 Å². The third kappa shape index (κ3) is 3.89. The van der Waals surface area contributed by atoms with Crippen LogP contribution in [-0.4, -0.2) is 24.4 Å². The Bertz CT molecular complexity index is 1170. The first-order chi connectivity index (χ1) is 14.3. The van der Waals surface area contributed by atoms with Crippen LogP contribution >= 0.6 is 0 Å². The number of imidazole rings is 1. The second kappa shape index (κ2) is 8.28. The van der Waals surface area contributed by atoms with Crippen molar-refractivity contribution < 1.29 is 0 Å². The zero-order valence-electron chi connectivity index (χ0n) is 18.7. The summed E-state index contributed by atoms with van der Waals surface area (Å²) < 4.78 is 7.63. The molecule has 0 saturated carbocycles. The van der Waals surface area contributed by atoms with E-state index in [0.29, 0.717) is 0 Å². The SMILES string of the molecule is Cc1cc(C)c(-n2ccn(-c3c(C)cc(C)cc3C)c2=[As]c2ccccc2)c(C)c1. The summed E-state index contributed by atoms with van der Waals surface area (Å²) >= 11 is -0.187. The molecule has 0 N–H and O–H groups in total. The van der Waals surface area contributed by atoms with Gasteiger partial charge in [-0.3, -0.25) is 0 Å². The van der Waals surface area contributed by atoms with Gasteiger partial charge in [-0.1, -0.05) is 0 Å². The predicted octanol–water partition coefficient (Wildman–Crippen LogP) is 5.68. The number of hydrogen-bond donors (Lipinski definition) is 0. The van der Waals surface area contributed by atoms with Crippen LogP contribution in [0.4, 0.5) is 0 Å². The Morgan fingerprint density at radius 1 is 0.567 bits per heavy atom. The van der Waals surface area contributed by atoms with E-state index in [1.54, 1.807) is 0 Å². The van der Waals surface area contributed by atoms with E-state index in [0.717, 1.165) is 0 Å². The number of hydrogen-bond acceptors (Lipinski definition) is 0. The van der Waals surface area contributed by atoms with Gasteiger partial charge in [-0.15, -0.1) is 0 Å². The van der Waals surface area contributed by atoms with E-state index >= 15 is 0 Å². The molecule has 1 heterocycles. The second-order valence-corrected chi connectivity index (χ2v) is 10.7. The third-order valence-electron chi connectivity index (χ3n) is 5.53. The normalized spacial score (nSPS) is 11.3. The van der Waals surface area contributed by atoms with Crippen molar-refractivity contribution in [1.82, 2.24) is 9.13 Å². The van der Waals surface area contributed by atoms with Gasteiger partial charge in [0.05, 0.1) is 0 Å². The van der Waals surface area contributed by atoms with Gasteiger partial charge in [0.15, 0.2) is 0 Å². The number of nitrogens with zero attached hydrogens (tertiary/aromatic N) is 2. The van der Waals surface area contributed by atoms with Gasteiger partial charge in [0, 0.05) is 0 Å². The number of rotatable bonds is 3. The zero-order chi connectivity index (χ0) is 21.4. The Morgan fingerprint density at radius 2 is 0.967 bits per heavy atom. The van der Waals surface area contributed by atoms with Crippen molar-refractivity contribution in [2.45, 2.75) is 41.5 Å².